The summed E-state index contributed by atoms with van der Waals surface area (Å²) in [4.78, 5) is 15.6. The molecule has 1 atom stereocenters. The molecule has 29 heavy (non-hydrogen) atoms. The maximum atomic E-state index is 12.9. The molecule has 164 valence electrons. The number of hydrogen-bond acceptors (Lipinski definition) is 4. The molecule has 1 saturated heterocycles. The second-order valence-electron chi connectivity index (χ2n) is 8.79. The second-order valence-corrected chi connectivity index (χ2v) is 8.79. The first kappa shape index (κ1) is 22.1. The monoisotopic (exact) mass is 415 g/mol. The lowest BCUT2D eigenvalue weighted by molar-refractivity contribution is -0.163. The van der Waals surface area contributed by atoms with Gasteiger partial charge in [0.1, 0.15) is 18.2 Å². The SMILES string of the molecule is CC(C)CN(CC(F)(F)F)C(=O)CN1CCCC(c2nnc3n2CCCCC3)C1. The van der Waals surface area contributed by atoms with Crippen LogP contribution in [0.2, 0.25) is 0 Å². The highest BCUT2D eigenvalue weighted by atomic mass is 19.4. The second kappa shape index (κ2) is 9.45. The summed E-state index contributed by atoms with van der Waals surface area (Å²) in [6.07, 6.45) is 1.89. The molecule has 1 fully saturated rings. The lowest BCUT2D eigenvalue weighted by Gasteiger charge is -2.34. The number of carbonyl (C=O) groups excluding carboxylic acids is 1. The van der Waals surface area contributed by atoms with E-state index >= 15 is 0 Å². The zero-order chi connectivity index (χ0) is 21.0. The fraction of sp³-hybridized carbons (Fsp3) is 0.850. The zero-order valence-electron chi connectivity index (χ0n) is 17.4. The third-order valence-electron chi connectivity index (χ3n) is 5.68. The number of likely N-dealkylation sites (tertiary alicyclic amines) is 1. The van der Waals surface area contributed by atoms with Gasteiger partial charge in [-0.15, -0.1) is 10.2 Å². The fourth-order valence-electron chi connectivity index (χ4n) is 4.42. The molecule has 6 nitrogen and oxygen atoms in total. The average molecular weight is 416 g/mol. The smallest absolute Gasteiger partial charge is 0.332 e. The Kier molecular flexibility index (Phi) is 7.19. The van der Waals surface area contributed by atoms with E-state index in [1.54, 1.807) is 0 Å². The normalized spacial score (nSPS) is 21.1. The third kappa shape index (κ3) is 6.17. The van der Waals surface area contributed by atoms with E-state index in [1.165, 1.54) is 6.42 Å². The van der Waals surface area contributed by atoms with Gasteiger partial charge in [-0.05, 0) is 38.1 Å². The first-order valence-corrected chi connectivity index (χ1v) is 10.7. The minimum Gasteiger partial charge on any atom is -0.332 e. The number of carbonyl (C=O) groups is 1. The molecule has 3 heterocycles. The summed E-state index contributed by atoms with van der Waals surface area (Å²) in [6, 6.07) is 0. The van der Waals surface area contributed by atoms with Crippen molar-refractivity contribution in [3.63, 3.8) is 0 Å². The summed E-state index contributed by atoms with van der Waals surface area (Å²) < 4.78 is 41.0. The summed E-state index contributed by atoms with van der Waals surface area (Å²) >= 11 is 0. The van der Waals surface area contributed by atoms with Crippen LogP contribution in [0.5, 0.6) is 0 Å². The summed E-state index contributed by atoms with van der Waals surface area (Å²) in [5.74, 6) is 1.74. The Labute approximate surface area is 170 Å². The van der Waals surface area contributed by atoms with E-state index in [4.69, 9.17) is 0 Å². The average Bonchev–Trinajstić information content (AvgIpc) is 2.88. The molecule has 0 bridgehead atoms. The molecular weight excluding hydrogens is 383 g/mol. The number of hydrogen-bond donors (Lipinski definition) is 0. The Morgan fingerprint density at radius 3 is 2.69 bits per heavy atom. The molecule has 0 spiro atoms. The van der Waals surface area contributed by atoms with E-state index in [0.717, 1.165) is 61.7 Å². The van der Waals surface area contributed by atoms with E-state index in [1.807, 2.05) is 18.7 Å². The molecule has 0 aromatic carbocycles. The molecular formula is C20H32F3N5O. The Bertz CT molecular complexity index is 688. The molecule has 1 unspecified atom stereocenters. The summed E-state index contributed by atoms with van der Waals surface area (Å²) in [5.41, 5.74) is 0. The summed E-state index contributed by atoms with van der Waals surface area (Å²) in [7, 11) is 0. The van der Waals surface area contributed by atoms with Crippen LogP contribution in [-0.4, -0.2) is 69.4 Å². The molecule has 1 aromatic rings. The van der Waals surface area contributed by atoms with Crippen LogP contribution < -0.4 is 0 Å². The number of nitrogens with zero attached hydrogens (tertiary/aromatic N) is 5. The Morgan fingerprint density at radius 2 is 1.97 bits per heavy atom. The van der Waals surface area contributed by atoms with Crippen LogP contribution in [0.1, 0.15) is 63.5 Å². The van der Waals surface area contributed by atoms with Gasteiger partial charge in [-0.2, -0.15) is 13.2 Å². The molecule has 2 aliphatic heterocycles. The first-order chi connectivity index (χ1) is 13.7. The molecule has 0 aliphatic carbocycles. The van der Waals surface area contributed by atoms with Gasteiger partial charge in [0.25, 0.3) is 0 Å². The van der Waals surface area contributed by atoms with Crippen molar-refractivity contribution >= 4 is 5.91 Å². The van der Waals surface area contributed by atoms with Gasteiger partial charge >= 0.3 is 6.18 Å². The topological polar surface area (TPSA) is 54.3 Å². The quantitative estimate of drug-likeness (QED) is 0.716. The van der Waals surface area contributed by atoms with Crippen LogP contribution in [-0.2, 0) is 17.8 Å². The van der Waals surface area contributed by atoms with E-state index in [9.17, 15) is 18.0 Å². The maximum absolute atomic E-state index is 12.9. The molecule has 3 rings (SSSR count). The molecule has 0 radical (unpaired) electrons. The number of aromatic nitrogens is 3. The number of halogens is 3. The van der Waals surface area contributed by atoms with Crippen molar-refractivity contribution in [1.82, 2.24) is 24.6 Å². The number of alkyl halides is 3. The van der Waals surface area contributed by atoms with Crippen LogP contribution >= 0.6 is 0 Å². The van der Waals surface area contributed by atoms with Gasteiger partial charge in [-0.3, -0.25) is 9.69 Å². The van der Waals surface area contributed by atoms with Gasteiger partial charge in [-0.1, -0.05) is 20.3 Å². The highest BCUT2D eigenvalue weighted by Gasteiger charge is 2.34. The van der Waals surface area contributed by atoms with Gasteiger partial charge in [0.15, 0.2) is 0 Å². The molecule has 1 amide bonds. The van der Waals surface area contributed by atoms with Crippen molar-refractivity contribution in [1.29, 1.82) is 0 Å². The number of aryl methyl sites for hydroxylation is 1. The van der Waals surface area contributed by atoms with Crippen LogP contribution in [0, 0.1) is 5.92 Å². The van der Waals surface area contributed by atoms with Crippen LogP contribution in [0.25, 0.3) is 0 Å². The van der Waals surface area contributed by atoms with Gasteiger partial charge in [-0.25, -0.2) is 0 Å². The molecule has 0 saturated carbocycles. The first-order valence-electron chi connectivity index (χ1n) is 10.7. The predicted molar refractivity (Wildman–Crippen MR) is 103 cm³/mol. The predicted octanol–water partition coefficient (Wildman–Crippen LogP) is 3.23. The minimum atomic E-state index is -4.38. The number of amides is 1. The van der Waals surface area contributed by atoms with Crippen molar-refractivity contribution in [3.05, 3.63) is 11.6 Å². The van der Waals surface area contributed by atoms with Crippen molar-refractivity contribution in [3.8, 4) is 0 Å². The van der Waals surface area contributed by atoms with E-state index < -0.39 is 18.6 Å². The lowest BCUT2D eigenvalue weighted by atomic mass is 9.97. The standard InChI is InChI=1S/C20H32F3N5O/c1-15(2)11-27(14-20(21,22)23)18(29)13-26-9-6-7-16(12-26)19-25-24-17-8-4-3-5-10-28(17)19/h15-16H,3-14H2,1-2H3. The third-order valence-corrected chi connectivity index (χ3v) is 5.68. The highest BCUT2D eigenvalue weighted by Crippen LogP contribution is 2.28. The lowest BCUT2D eigenvalue weighted by Crippen LogP contribution is -2.47. The van der Waals surface area contributed by atoms with Crippen LogP contribution in [0.15, 0.2) is 0 Å². The van der Waals surface area contributed by atoms with E-state index in [2.05, 4.69) is 14.8 Å². The van der Waals surface area contributed by atoms with Crippen molar-refractivity contribution in [2.24, 2.45) is 5.92 Å². The Morgan fingerprint density at radius 1 is 1.17 bits per heavy atom. The zero-order valence-corrected chi connectivity index (χ0v) is 17.4. The highest BCUT2D eigenvalue weighted by molar-refractivity contribution is 5.78. The largest absolute Gasteiger partial charge is 0.406 e. The van der Waals surface area contributed by atoms with Crippen LogP contribution in [0.3, 0.4) is 0 Å². The summed E-state index contributed by atoms with van der Waals surface area (Å²) in [5, 5.41) is 8.82. The molecule has 1 aromatic heterocycles. The fourth-order valence-corrected chi connectivity index (χ4v) is 4.42. The van der Waals surface area contributed by atoms with Gasteiger partial charge in [0.2, 0.25) is 5.91 Å². The molecule has 9 heteroatoms. The molecule has 2 aliphatic rings. The number of piperidine rings is 1. The van der Waals surface area contributed by atoms with Gasteiger partial charge < -0.3 is 9.47 Å². The van der Waals surface area contributed by atoms with E-state index in [-0.39, 0.29) is 24.9 Å². The van der Waals surface area contributed by atoms with Gasteiger partial charge in [0.05, 0.1) is 6.54 Å². The number of rotatable bonds is 6. The van der Waals surface area contributed by atoms with E-state index in [0.29, 0.717) is 6.54 Å². The maximum Gasteiger partial charge on any atom is 0.406 e. The van der Waals surface area contributed by atoms with Crippen molar-refractivity contribution in [2.45, 2.75) is 71.0 Å². The number of fused-ring (bicyclic) bond motifs is 1. The Balaban J connectivity index is 1.64. The Hall–Kier alpha value is -1.64. The molecule has 0 N–H and O–H groups in total. The van der Waals surface area contributed by atoms with Gasteiger partial charge in [0, 0.05) is 32.0 Å². The van der Waals surface area contributed by atoms with Crippen molar-refractivity contribution in [2.75, 3.05) is 32.7 Å². The van der Waals surface area contributed by atoms with Crippen molar-refractivity contribution < 1.29 is 18.0 Å². The summed E-state index contributed by atoms with van der Waals surface area (Å²) in [6.45, 7) is 4.92. The minimum absolute atomic E-state index is 0.0122. The van der Waals surface area contributed by atoms with Crippen LogP contribution in [0.4, 0.5) is 13.2 Å².